The number of carbonyl (C=O) groups is 2. The molecule has 0 bridgehead atoms. The van der Waals surface area contributed by atoms with Gasteiger partial charge in [-0.2, -0.15) is 5.10 Å². The minimum Gasteiger partial charge on any atom is -0.493 e. The molecule has 0 atom stereocenters. The fourth-order valence-corrected chi connectivity index (χ4v) is 4.44. The van der Waals surface area contributed by atoms with Crippen LogP contribution in [0.1, 0.15) is 54.9 Å². The minimum absolute atomic E-state index is 0.0266. The maximum atomic E-state index is 12.6. The molecule has 8 heteroatoms. The number of aliphatic hydroxyl groups excluding tert-OH is 1. The lowest BCUT2D eigenvalue weighted by Gasteiger charge is -2.11. The molecule has 0 spiro atoms. The molecule has 3 aromatic rings. The lowest BCUT2D eigenvalue weighted by Crippen LogP contribution is -2.21. The van der Waals surface area contributed by atoms with Crippen LogP contribution in [-0.2, 0) is 4.79 Å². The van der Waals surface area contributed by atoms with Gasteiger partial charge in [-0.15, -0.1) is 11.3 Å². The van der Waals surface area contributed by atoms with E-state index in [9.17, 15) is 9.59 Å². The van der Waals surface area contributed by atoms with E-state index < -0.39 is 0 Å². The number of thiophene rings is 1. The third-order valence-corrected chi connectivity index (χ3v) is 6.25. The average Bonchev–Trinajstić information content (AvgIpc) is 3.30. The van der Waals surface area contributed by atoms with Crippen molar-refractivity contribution in [2.24, 2.45) is 5.10 Å². The van der Waals surface area contributed by atoms with E-state index in [1.807, 2.05) is 12.1 Å². The number of hydrazone groups is 1. The summed E-state index contributed by atoms with van der Waals surface area (Å²) in [5.74, 6) is 0.357. The second kappa shape index (κ2) is 12.9. The summed E-state index contributed by atoms with van der Waals surface area (Å²) in [6.45, 7) is 2.13. The number of amides is 1. The molecule has 1 heterocycles. The van der Waals surface area contributed by atoms with Crippen LogP contribution in [0.2, 0.25) is 0 Å². The van der Waals surface area contributed by atoms with Crippen LogP contribution < -0.4 is 14.9 Å². The number of hydrogen-bond donors (Lipinski definition) is 2. The lowest BCUT2D eigenvalue weighted by molar-refractivity contribution is -0.121. The minimum atomic E-state index is -0.309. The molecule has 0 unspecified atom stereocenters. The maximum Gasteiger partial charge on any atom is 0.240 e. The summed E-state index contributed by atoms with van der Waals surface area (Å²) in [6, 6.07) is 13.0. The second-order valence-electron chi connectivity index (χ2n) is 7.70. The number of methoxy groups -OCH3 is 1. The monoisotopic (exact) mass is 482 g/mol. The summed E-state index contributed by atoms with van der Waals surface area (Å²) in [6.07, 6.45) is 2.83. The fraction of sp³-hybridized carbons (Fsp3) is 0.346. The summed E-state index contributed by atoms with van der Waals surface area (Å²) in [4.78, 5) is 25.1. The summed E-state index contributed by atoms with van der Waals surface area (Å²) in [7, 11) is 1.48. The van der Waals surface area contributed by atoms with Crippen molar-refractivity contribution in [3.8, 4) is 11.5 Å². The number of hydrogen-bond acceptors (Lipinski definition) is 7. The number of Topliss-reactive ketones (excluding diaryl/α,β-unsaturated/α-hetero) is 1. The molecular formula is C26H30N2O5S. The van der Waals surface area contributed by atoms with E-state index in [1.54, 1.807) is 29.5 Å². The zero-order chi connectivity index (χ0) is 24.3. The SMILES string of the molecule is CCCC/C(=N\NC(=O)CCC(=O)c1ccc(OCCO)c(OC)c1)c1csc2ccccc12. The molecule has 2 aromatic carbocycles. The molecule has 0 saturated carbocycles. The molecule has 7 nitrogen and oxygen atoms in total. The summed E-state index contributed by atoms with van der Waals surface area (Å²) >= 11 is 1.66. The predicted molar refractivity (Wildman–Crippen MR) is 135 cm³/mol. The van der Waals surface area contributed by atoms with Crippen molar-refractivity contribution in [2.75, 3.05) is 20.3 Å². The normalized spacial score (nSPS) is 11.4. The van der Waals surface area contributed by atoms with Crippen LogP contribution in [0.4, 0.5) is 0 Å². The van der Waals surface area contributed by atoms with Crippen LogP contribution in [0.25, 0.3) is 10.1 Å². The van der Waals surface area contributed by atoms with Gasteiger partial charge in [0.2, 0.25) is 5.91 Å². The van der Waals surface area contributed by atoms with E-state index in [1.165, 1.54) is 11.8 Å². The topological polar surface area (TPSA) is 97.2 Å². The van der Waals surface area contributed by atoms with Crippen molar-refractivity contribution in [2.45, 2.75) is 39.0 Å². The number of ether oxygens (including phenoxy) is 2. The second-order valence-corrected chi connectivity index (χ2v) is 8.61. The van der Waals surface area contributed by atoms with Gasteiger partial charge in [0.05, 0.1) is 19.4 Å². The van der Waals surface area contributed by atoms with Gasteiger partial charge in [-0.1, -0.05) is 31.5 Å². The van der Waals surface area contributed by atoms with E-state index in [2.05, 4.69) is 35.0 Å². The molecule has 3 rings (SSSR count). The standard InChI is InChI=1S/C26H30N2O5S/c1-3-4-8-21(20-17-34-25-9-6-5-7-19(20)25)27-28-26(31)13-11-22(30)18-10-12-23(33-15-14-29)24(16-18)32-2/h5-7,9-10,12,16-17,29H,3-4,8,11,13-15H2,1-2H3,(H,28,31)/b27-21+. The van der Waals surface area contributed by atoms with E-state index >= 15 is 0 Å². The predicted octanol–water partition coefficient (Wildman–Crippen LogP) is 4.95. The van der Waals surface area contributed by atoms with Gasteiger partial charge in [0.15, 0.2) is 17.3 Å². The highest BCUT2D eigenvalue weighted by atomic mass is 32.1. The molecule has 0 saturated heterocycles. The number of carbonyl (C=O) groups excluding carboxylic acids is 2. The Morgan fingerprint density at radius 3 is 2.68 bits per heavy atom. The molecule has 34 heavy (non-hydrogen) atoms. The first-order valence-corrected chi connectivity index (χ1v) is 12.2. The van der Waals surface area contributed by atoms with Gasteiger partial charge >= 0.3 is 0 Å². The molecule has 0 aliphatic carbocycles. The van der Waals surface area contributed by atoms with Crippen molar-refractivity contribution < 1.29 is 24.2 Å². The number of fused-ring (bicyclic) bond motifs is 1. The smallest absolute Gasteiger partial charge is 0.240 e. The van der Waals surface area contributed by atoms with Gasteiger partial charge < -0.3 is 14.6 Å². The molecule has 0 fully saturated rings. The first-order chi connectivity index (χ1) is 16.6. The van der Waals surface area contributed by atoms with E-state index in [0.29, 0.717) is 17.1 Å². The number of rotatable bonds is 13. The number of ketones is 1. The number of benzene rings is 2. The maximum absolute atomic E-state index is 12.6. The fourth-order valence-electron chi connectivity index (χ4n) is 3.47. The van der Waals surface area contributed by atoms with Crippen LogP contribution >= 0.6 is 11.3 Å². The summed E-state index contributed by atoms with van der Waals surface area (Å²) < 4.78 is 11.8. The Bertz CT molecular complexity index is 1160. The first-order valence-electron chi connectivity index (χ1n) is 11.3. The van der Waals surface area contributed by atoms with Crippen molar-refractivity contribution in [3.05, 3.63) is 59.0 Å². The Morgan fingerprint density at radius 1 is 1.09 bits per heavy atom. The van der Waals surface area contributed by atoms with Gasteiger partial charge in [-0.05, 0) is 37.1 Å². The Kier molecular flexibility index (Phi) is 9.61. The van der Waals surface area contributed by atoms with Crippen molar-refractivity contribution in [3.63, 3.8) is 0 Å². The Balaban J connectivity index is 1.63. The third-order valence-electron chi connectivity index (χ3n) is 5.29. The Morgan fingerprint density at radius 2 is 1.91 bits per heavy atom. The molecule has 0 aliphatic heterocycles. The average molecular weight is 483 g/mol. The first kappa shape index (κ1) is 25.4. The van der Waals surface area contributed by atoms with Crippen LogP contribution in [-0.4, -0.2) is 42.8 Å². The molecule has 1 amide bonds. The summed E-state index contributed by atoms with van der Waals surface area (Å²) in [5, 5.41) is 16.5. The highest BCUT2D eigenvalue weighted by Gasteiger charge is 2.14. The molecule has 0 radical (unpaired) electrons. The zero-order valence-corrected chi connectivity index (χ0v) is 20.3. The molecular weight excluding hydrogens is 452 g/mol. The van der Waals surface area contributed by atoms with Crippen molar-refractivity contribution in [1.29, 1.82) is 0 Å². The lowest BCUT2D eigenvalue weighted by atomic mass is 10.0. The van der Waals surface area contributed by atoms with Gasteiger partial charge in [-0.3, -0.25) is 9.59 Å². The number of aliphatic hydroxyl groups is 1. The van der Waals surface area contributed by atoms with Gasteiger partial charge in [0.1, 0.15) is 6.61 Å². The van der Waals surface area contributed by atoms with E-state index in [-0.39, 0.29) is 37.7 Å². The molecule has 1 aromatic heterocycles. The highest BCUT2D eigenvalue weighted by Crippen LogP contribution is 2.29. The number of unbranched alkanes of at least 4 members (excludes halogenated alkanes) is 1. The summed E-state index contributed by atoms with van der Waals surface area (Å²) in [5.41, 5.74) is 4.96. The molecule has 2 N–H and O–H groups in total. The highest BCUT2D eigenvalue weighted by molar-refractivity contribution is 7.17. The quantitative estimate of drug-likeness (QED) is 0.204. The number of nitrogens with one attached hydrogen (secondary N) is 1. The van der Waals surface area contributed by atoms with Crippen LogP contribution in [0.3, 0.4) is 0 Å². The van der Waals surface area contributed by atoms with Gasteiger partial charge in [0, 0.05) is 39.4 Å². The van der Waals surface area contributed by atoms with Gasteiger partial charge in [0.25, 0.3) is 0 Å². The Labute approximate surface area is 203 Å². The zero-order valence-electron chi connectivity index (χ0n) is 19.5. The van der Waals surface area contributed by atoms with E-state index in [0.717, 1.165) is 35.9 Å². The van der Waals surface area contributed by atoms with Gasteiger partial charge in [-0.25, -0.2) is 5.43 Å². The van der Waals surface area contributed by atoms with E-state index in [4.69, 9.17) is 14.6 Å². The third kappa shape index (κ3) is 6.65. The molecule has 0 aliphatic rings. The largest absolute Gasteiger partial charge is 0.493 e. The van der Waals surface area contributed by atoms with Crippen molar-refractivity contribution >= 4 is 38.8 Å². The van der Waals surface area contributed by atoms with Crippen molar-refractivity contribution in [1.82, 2.24) is 5.43 Å². The molecule has 180 valence electrons. The van der Waals surface area contributed by atoms with Crippen LogP contribution in [0, 0.1) is 0 Å². The van der Waals surface area contributed by atoms with Crippen LogP contribution in [0.5, 0.6) is 11.5 Å². The number of nitrogens with zero attached hydrogens (tertiary/aromatic N) is 1. The Hall–Kier alpha value is -3.23. The van der Waals surface area contributed by atoms with Crippen LogP contribution in [0.15, 0.2) is 52.9 Å².